The molecule has 0 aromatic rings. The van der Waals surface area contributed by atoms with E-state index >= 15 is 0 Å². The topological polar surface area (TPSA) is 67.5 Å². The van der Waals surface area contributed by atoms with Crippen LogP contribution in [0.15, 0.2) is 0 Å². The average molecular weight is 148 g/mol. The molecule has 4 heteroatoms. The van der Waals surface area contributed by atoms with E-state index in [-0.39, 0.29) is 6.54 Å². The van der Waals surface area contributed by atoms with Gasteiger partial charge < -0.3 is 15.6 Å². The fourth-order valence-corrected chi connectivity index (χ4v) is 0.495. The summed E-state index contributed by atoms with van der Waals surface area (Å²) in [7, 11) is 1.59. The maximum absolute atomic E-state index is 9.31. The summed E-state index contributed by atoms with van der Waals surface area (Å²) in [5.41, 5.74) is 4.44. The highest BCUT2D eigenvalue weighted by molar-refractivity contribution is 4.74. The van der Waals surface area contributed by atoms with Crippen molar-refractivity contribution in [3.8, 4) is 0 Å². The molecule has 0 aliphatic rings. The van der Waals surface area contributed by atoms with Gasteiger partial charge in [-0.15, -0.1) is 0 Å². The Balaban J connectivity index is 3.28. The Kier molecular flexibility index (Phi) is 4.55. The zero-order valence-corrected chi connectivity index (χ0v) is 6.55. The molecule has 4 nitrogen and oxygen atoms in total. The van der Waals surface area contributed by atoms with Crippen LogP contribution in [0.2, 0.25) is 0 Å². The molecule has 4 N–H and O–H groups in total. The quantitative estimate of drug-likeness (QED) is 0.341. The van der Waals surface area contributed by atoms with Crippen molar-refractivity contribution in [3.05, 3.63) is 0 Å². The fraction of sp³-hybridized carbons (Fsp3) is 1.00. The Hall–Kier alpha value is -0.160. The molecule has 0 rings (SSSR count). The van der Waals surface area contributed by atoms with Gasteiger partial charge in [0.1, 0.15) is 0 Å². The van der Waals surface area contributed by atoms with E-state index in [4.69, 9.17) is 10.5 Å². The molecule has 0 spiro atoms. The van der Waals surface area contributed by atoms with Gasteiger partial charge in [0.15, 0.2) is 0 Å². The van der Waals surface area contributed by atoms with Crippen molar-refractivity contribution in [2.24, 2.45) is 5.73 Å². The predicted molar refractivity (Wildman–Crippen MR) is 39.6 cm³/mol. The van der Waals surface area contributed by atoms with E-state index in [0.717, 1.165) is 0 Å². The predicted octanol–water partition coefficient (Wildman–Crippen LogP) is -1.11. The molecule has 1 unspecified atom stereocenters. The lowest BCUT2D eigenvalue weighted by atomic mass is 10.1. The minimum absolute atomic E-state index is 0.254. The molecule has 0 aromatic heterocycles. The fourth-order valence-electron chi connectivity index (χ4n) is 0.495. The first-order chi connectivity index (χ1) is 4.62. The SMILES string of the molecule is COCNCC(C)(O)CN. The maximum atomic E-state index is 9.31. The molecule has 0 amide bonds. The zero-order valence-electron chi connectivity index (χ0n) is 6.55. The van der Waals surface area contributed by atoms with E-state index in [2.05, 4.69) is 5.32 Å². The van der Waals surface area contributed by atoms with Crippen LogP contribution in [-0.4, -0.2) is 37.6 Å². The molecular weight excluding hydrogens is 132 g/mol. The third-order valence-electron chi connectivity index (χ3n) is 1.19. The Bertz CT molecular complexity index is 85.8. The molecule has 0 saturated heterocycles. The van der Waals surface area contributed by atoms with Crippen LogP contribution in [0, 0.1) is 0 Å². The first-order valence-electron chi connectivity index (χ1n) is 3.24. The van der Waals surface area contributed by atoms with Gasteiger partial charge in [-0.25, -0.2) is 0 Å². The van der Waals surface area contributed by atoms with Crippen LogP contribution in [-0.2, 0) is 4.74 Å². The largest absolute Gasteiger partial charge is 0.388 e. The zero-order chi connectivity index (χ0) is 8.04. The Morgan fingerprint density at radius 1 is 1.70 bits per heavy atom. The minimum atomic E-state index is -0.821. The first-order valence-corrected chi connectivity index (χ1v) is 3.24. The molecule has 0 radical (unpaired) electrons. The number of rotatable bonds is 5. The van der Waals surface area contributed by atoms with Gasteiger partial charge in [0, 0.05) is 20.2 Å². The number of aliphatic hydroxyl groups is 1. The van der Waals surface area contributed by atoms with E-state index in [1.807, 2.05) is 0 Å². The summed E-state index contributed by atoms with van der Waals surface area (Å²) in [5, 5.41) is 12.2. The first kappa shape index (κ1) is 9.84. The van der Waals surface area contributed by atoms with Crippen molar-refractivity contribution in [1.29, 1.82) is 0 Å². The second kappa shape index (κ2) is 4.62. The second-order valence-electron chi connectivity index (χ2n) is 2.56. The Labute approximate surface area is 61.4 Å². The number of methoxy groups -OCH3 is 1. The minimum Gasteiger partial charge on any atom is -0.388 e. The summed E-state index contributed by atoms with van der Waals surface area (Å²) in [6.07, 6.45) is 0. The number of nitrogens with one attached hydrogen (secondary N) is 1. The van der Waals surface area contributed by atoms with Gasteiger partial charge in [0.25, 0.3) is 0 Å². The van der Waals surface area contributed by atoms with Gasteiger partial charge in [-0.05, 0) is 6.92 Å². The van der Waals surface area contributed by atoms with Crippen LogP contribution in [0.4, 0.5) is 0 Å². The van der Waals surface area contributed by atoms with E-state index in [1.165, 1.54) is 0 Å². The van der Waals surface area contributed by atoms with Gasteiger partial charge in [-0.2, -0.15) is 0 Å². The maximum Gasteiger partial charge on any atom is 0.0962 e. The lowest BCUT2D eigenvalue weighted by Gasteiger charge is -2.20. The molecule has 1 atom stereocenters. The van der Waals surface area contributed by atoms with Gasteiger partial charge in [-0.1, -0.05) is 0 Å². The molecule has 0 saturated carbocycles. The van der Waals surface area contributed by atoms with Gasteiger partial charge in [0.2, 0.25) is 0 Å². The van der Waals surface area contributed by atoms with Crippen LogP contribution in [0.25, 0.3) is 0 Å². The molecule has 0 aliphatic carbocycles. The van der Waals surface area contributed by atoms with Gasteiger partial charge >= 0.3 is 0 Å². The van der Waals surface area contributed by atoms with Crippen molar-refractivity contribution < 1.29 is 9.84 Å². The summed E-state index contributed by atoms with van der Waals surface area (Å²) in [4.78, 5) is 0. The lowest BCUT2D eigenvalue weighted by molar-refractivity contribution is 0.0556. The summed E-state index contributed by atoms with van der Waals surface area (Å²) < 4.78 is 4.72. The number of hydrogen-bond acceptors (Lipinski definition) is 4. The molecule has 0 fully saturated rings. The van der Waals surface area contributed by atoms with Crippen LogP contribution < -0.4 is 11.1 Å². The van der Waals surface area contributed by atoms with Crippen molar-refractivity contribution in [3.63, 3.8) is 0 Å². The Morgan fingerprint density at radius 3 is 2.70 bits per heavy atom. The van der Waals surface area contributed by atoms with Crippen LogP contribution in [0.3, 0.4) is 0 Å². The van der Waals surface area contributed by atoms with Crippen molar-refractivity contribution in [2.75, 3.05) is 26.9 Å². The molecule has 0 bridgehead atoms. The monoisotopic (exact) mass is 148 g/mol. The third-order valence-corrected chi connectivity index (χ3v) is 1.19. The normalized spacial score (nSPS) is 16.8. The smallest absolute Gasteiger partial charge is 0.0962 e. The standard InChI is InChI=1S/C6H16N2O2/c1-6(9,3-7)4-8-5-10-2/h8-9H,3-5,7H2,1-2H3. The highest BCUT2D eigenvalue weighted by Gasteiger charge is 2.16. The molecule has 62 valence electrons. The summed E-state index contributed by atoms with van der Waals surface area (Å²) in [6.45, 7) is 2.83. The summed E-state index contributed by atoms with van der Waals surface area (Å²) >= 11 is 0. The summed E-state index contributed by atoms with van der Waals surface area (Å²) in [5.74, 6) is 0. The van der Waals surface area contributed by atoms with Crippen LogP contribution in [0.1, 0.15) is 6.92 Å². The van der Waals surface area contributed by atoms with Crippen LogP contribution in [0.5, 0.6) is 0 Å². The lowest BCUT2D eigenvalue weighted by Crippen LogP contribution is -2.44. The van der Waals surface area contributed by atoms with E-state index in [9.17, 15) is 5.11 Å². The molecule has 10 heavy (non-hydrogen) atoms. The number of ether oxygens (including phenoxy) is 1. The highest BCUT2D eigenvalue weighted by atomic mass is 16.5. The summed E-state index contributed by atoms with van der Waals surface area (Å²) in [6, 6.07) is 0. The van der Waals surface area contributed by atoms with Gasteiger partial charge in [-0.3, -0.25) is 5.32 Å². The average Bonchev–Trinajstić information content (AvgIpc) is 1.89. The van der Waals surface area contributed by atoms with E-state index in [0.29, 0.717) is 13.3 Å². The van der Waals surface area contributed by atoms with Crippen LogP contribution >= 0.6 is 0 Å². The van der Waals surface area contributed by atoms with Crippen molar-refractivity contribution in [1.82, 2.24) is 5.32 Å². The second-order valence-corrected chi connectivity index (χ2v) is 2.56. The van der Waals surface area contributed by atoms with Crippen molar-refractivity contribution in [2.45, 2.75) is 12.5 Å². The highest BCUT2D eigenvalue weighted by Crippen LogP contribution is 1.95. The third kappa shape index (κ3) is 4.69. The number of nitrogens with two attached hydrogens (primary N) is 1. The molecule has 0 aromatic carbocycles. The van der Waals surface area contributed by atoms with Gasteiger partial charge in [0.05, 0.1) is 12.3 Å². The molecule has 0 heterocycles. The van der Waals surface area contributed by atoms with E-state index in [1.54, 1.807) is 14.0 Å². The van der Waals surface area contributed by atoms with E-state index < -0.39 is 5.60 Å². The molecular formula is C6H16N2O2. The Morgan fingerprint density at radius 2 is 2.30 bits per heavy atom. The number of hydrogen-bond donors (Lipinski definition) is 3. The molecule has 0 aliphatic heterocycles. The van der Waals surface area contributed by atoms with Crippen molar-refractivity contribution >= 4 is 0 Å².